The van der Waals surface area contributed by atoms with Gasteiger partial charge in [0.05, 0.1) is 41.6 Å². The maximum Gasteiger partial charge on any atom is 0.255 e. The molecule has 0 atom stereocenters. The number of aromatic amines is 1. The Balaban J connectivity index is 1.41. The number of fused-ring (bicyclic) bond motifs is 2. The number of hydrogen-bond acceptors (Lipinski definition) is 6. The molecular weight excluding hydrogens is 475 g/mol. The zero-order valence-corrected chi connectivity index (χ0v) is 19.9. The Morgan fingerprint density at radius 2 is 2.11 bits per heavy atom. The number of imidazole rings is 1. The second-order valence-electron chi connectivity index (χ2n) is 8.54. The Kier molecular flexibility index (Phi) is 5.68. The first-order valence-corrected chi connectivity index (χ1v) is 11.7. The standard InChI is InChI=1S/C27H23FN6O3/c1-36-26-18(28)5-4-6-20(26)33-25-23-19(9-11-30-27(23)35)32-24(25)17-8-10-29-13-21(17)37-15-16-14-34-12-3-2-7-22(34)31-16/h2-8,10,12-14,32-33H,9,11,15H2,1H3,(H,30,35). The highest BCUT2D eigenvalue weighted by molar-refractivity contribution is 6.06. The van der Waals surface area contributed by atoms with Gasteiger partial charge in [0.25, 0.3) is 5.91 Å². The molecule has 0 radical (unpaired) electrons. The van der Waals surface area contributed by atoms with Crippen molar-refractivity contribution in [2.45, 2.75) is 13.0 Å². The average molecular weight is 499 g/mol. The van der Waals surface area contributed by atoms with Gasteiger partial charge >= 0.3 is 0 Å². The normalized spacial score (nSPS) is 12.8. The van der Waals surface area contributed by atoms with E-state index in [1.807, 2.05) is 41.1 Å². The zero-order valence-electron chi connectivity index (χ0n) is 19.9. The first-order chi connectivity index (χ1) is 18.1. The molecule has 0 aliphatic carbocycles. The number of para-hydroxylation sites is 1. The van der Waals surface area contributed by atoms with E-state index in [9.17, 15) is 9.18 Å². The van der Waals surface area contributed by atoms with Gasteiger partial charge in [-0.15, -0.1) is 0 Å². The third kappa shape index (κ3) is 4.12. The molecule has 0 bridgehead atoms. The number of nitrogens with one attached hydrogen (secondary N) is 3. The topological polar surface area (TPSA) is 106 Å². The SMILES string of the molecule is COc1c(F)cccc1Nc1c(-c2ccncc2OCc2cn3ccccc3n2)[nH]c2c1C(=O)NCC2. The number of carbonyl (C=O) groups is 1. The summed E-state index contributed by atoms with van der Waals surface area (Å²) in [5.74, 6) is -0.170. The number of amides is 1. The first-order valence-electron chi connectivity index (χ1n) is 11.7. The van der Waals surface area contributed by atoms with Crippen LogP contribution in [-0.2, 0) is 13.0 Å². The molecule has 0 saturated carbocycles. The second-order valence-corrected chi connectivity index (χ2v) is 8.54. The van der Waals surface area contributed by atoms with E-state index in [1.54, 1.807) is 24.5 Å². The van der Waals surface area contributed by atoms with Crippen LogP contribution in [-0.4, -0.2) is 38.9 Å². The molecule has 37 heavy (non-hydrogen) atoms. The number of methoxy groups -OCH3 is 1. The van der Waals surface area contributed by atoms with Gasteiger partial charge < -0.3 is 29.5 Å². The lowest BCUT2D eigenvalue weighted by atomic mass is 10.0. The van der Waals surface area contributed by atoms with Crippen molar-refractivity contribution in [3.63, 3.8) is 0 Å². The second kappa shape index (κ2) is 9.30. The molecule has 1 aliphatic heterocycles. The van der Waals surface area contributed by atoms with Crippen molar-refractivity contribution in [1.82, 2.24) is 24.7 Å². The predicted molar refractivity (Wildman–Crippen MR) is 136 cm³/mol. The molecule has 1 amide bonds. The maximum absolute atomic E-state index is 14.4. The minimum absolute atomic E-state index is 0.0534. The van der Waals surface area contributed by atoms with Crippen LogP contribution in [0.3, 0.4) is 0 Å². The minimum atomic E-state index is -0.511. The summed E-state index contributed by atoms with van der Waals surface area (Å²) in [6.45, 7) is 0.740. The van der Waals surface area contributed by atoms with Gasteiger partial charge in [-0.05, 0) is 30.3 Å². The largest absolute Gasteiger partial charge is 0.492 e. The van der Waals surface area contributed by atoms with Crippen molar-refractivity contribution in [3.05, 3.63) is 90.0 Å². The van der Waals surface area contributed by atoms with Gasteiger partial charge in [0, 0.05) is 42.8 Å². The lowest BCUT2D eigenvalue weighted by Gasteiger charge is -2.17. The molecule has 0 fully saturated rings. The van der Waals surface area contributed by atoms with Crippen LogP contribution in [0.15, 0.2) is 67.3 Å². The molecule has 1 aromatic carbocycles. The van der Waals surface area contributed by atoms with Gasteiger partial charge in [-0.1, -0.05) is 12.1 Å². The van der Waals surface area contributed by atoms with Gasteiger partial charge in [-0.3, -0.25) is 9.78 Å². The van der Waals surface area contributed by atoms with Gasteiger partial charge in [0.15, 0.2) is 11.6 Å². The van der Waals surface area contributed by atoms with Crippen LogP contribution in [0.2, 0.25) is 0 Å². The number of H-pyrrole nitrogens is 1. The van der Waals surface area contributed by atoms with E-state index in [2.05, 4.69) is 25.6 Å². The Labute approximate surface area is 211 Å². The van der Waals surface area contributed by atoms with E-state index in [4.69, 9.17) is 9.47 Å². The van der Waals surface area contributed by atoms with E-state index in [1.165, 1.54) is 13.2 Å². The fraction of sp³-hybridized carbons (Fsp3) is 0.148. The van der Waals surface area contributed by atoms with Crippen LogP contribution < -0.4 is 20.1 Å². The summed E-state index contributed by atoms with van der Waals surface area (Å²) in [4.78, 5) is 25.1. The summed E-state index contributed by atoms with van der Waals surface area (Å²) in [6.07, 6.45) is 7.73. The van der Waals surface area contributed by atoms with Crippen molar-refractivity contribution in [1.29, 1.82) is 0 Å². The molecule has 6 rings (SSSR count). The van der Waals surface area contributed by atoms with Crippen LogP contribution in [0.4, 0.5) is 15.8 Å². The summed E-state index contributed by atoms with van der Waals surface area (Å²) in [6, 6.07) is 12.2. The monoisotopic (exact) mass is 498 g/mol. The Hall–Kier alpha value is -4.86. The Morgan fingerprint density at radius 3 is 2.97 bits per heavy atom. The molecule has 4 aromatic heterocycles. The van der Waals surface area contributed by atoms with Crippen molar-refractivity contribution < 1.29 is 18.7 Å². The molecule has 0 spiro atoms. The molecule has 186 valence electrons. The highest BCUT2D eigenvalue weighted by Gasteiger charge is 2.29. The Morgan fingerprint density at radius 1 is 1.19 bits per heavy atom. The van der Waals surface area contributed by atoms with E-state index in [0.29, 0.717) is 46.9 Å². The first kappa shape index (κ1) is 22.6. The predicted octanol–water partition coefficient (Wildman–Crippen LogP) is 4.48. The highest BCUT2D eigenvalue weighted by Crippen LogP contribution is 2.42. The highest BCUT2D eigenvalue weighted by atomic mass is 19.1. The van der Waals surface area contributed by atoms with Crippen molar-refractivity contribution in [3.8, 4) is 22.8 Å². The molecule has 3 N–H and O–H groups in total. The number of nitrogens with zero attached hydrogens (tertiary/aromatic N) is 3. The molecule has 0 saturated heterocycles. The minimum Gasteiger partial charge on any atom is -0.492 e. The summed E-state index contributed by atoms with van der Waals surface area (Å²) < 4.78 is 27.8. The Bertz CT molecular complexity index is 1590. The number of aromatic nitrogens is 4. The lowest BCUT2D eigenvalue weighted by molar-refractivity contribution is 0.0947. The molecule has 9 nitrogen and oxygen atoms in total. The van der Waals surface area contributed by atoms with Gasteiger partial charge in [0.1, 0.15) is 18.0 Å². The number of ether oxygens (including phenoxy) is 2. The summed E-state index contributed by atoms with van der Waals surface area (Å²) in [5.41, 5.74) is 5.04. The summed E-state index contributed by atoms with van der Waals surface area (Å²) in [7, 11) is 1.40. The number of carbonyl (C=O) groups excluding carboxylic acids is 1. The number of rotatable bonds is 7. The van der Waals surface area contributed by atoms with Crippen molar-refractivity contribution >= 4 is 22.9 Å². The summed E-state index contributed by atoms with van der Waals surface area (Å²) in [5, 5.41) is 6.12. The van der Waals surface area contributed by atoms with E-state index >= 15 is 0 Å². The van der Waals surface area contributed by atoms with E-state index < -0.39 is 5.82 Å². The van der Waals surface area contributed by atoms with Gasteiger partial charge in [0.2, 0.25) is 0 Å². The smallest absolute Gasteiger partial charge is 0.255 e. The number of halogens is 1. The van der Waals surface area contributed by atoms with Crippen LogP contribution in [0.25, 0.3) is 16.9 Å². The molecule has 10 heteroatoms. The quantitative estimate of drug-likeness (QED) is 0.306. The van der Waals surface area contributed by atoms with E-state index in [-0.39, 0.29) is 18.3 Å². The van der Waals surface area contributed by atoms with Gasteiger partial charge in [-0.2, -0.15) is 0 Å². The van der Waals surface area contributed by atoms with Crippen LogP contribution in [0.1, 0.15) is 21.7 Å². The van der Waals surface area contributed by atoms with Crippen LogP contribution >= 0.6 is 0 Å². The van der Waals surface area contributed by atoms with Crippen LogP contribution in [0.5, 0.6) is 11.5 Å². The molecule has 0 unspecified atom stereocenters. The lowest BCUT2D eigenvalue weighted by Crippen LogP contribution is -2.31. The maximum atomic E-state index is 14.4. The molecular formula is C27H23FN6O3. The van der Waals surface area contributed by atoms with Crippen molar-refractivity contribution in [2.75, 3.05) is 19.0 Å². The fourth-order valence-corrected chi connectivity index (χ4v) is 4.57. The zero-order chi connectivity index (χ0) is 25.4. The third-order valence-electron chi connectivity index (χ3n) is 6.24. The molecule has 1 aliphatic rings. The fourth-order valence-electron chi connectivity index (χ4n) is 4.57. The van der Waals surface area contributed by atoms with Crippen LogP contribution in [0, 0.1) is 5.82 Å². The third-order valence-corrected chi connectivity index (χ3v) is 6.24. The number of anilines is 2. The average Bonchev–Trinajstić information content (AvgIpc) is 3.50. The van der Waals surface area contributed by atoms with Crippen molar-refractivity contribution in [2.24, 2.45) is 0 Å². The molecule has 5 heterocycles. The van der Waals surface area contributed by atoms with Gasteiger partial charge in [-0.25, -0.2) is 9.37 Å². The number of benzene rings is 1. The number of pyridine rings is 2. The molecule has 5 aromatic rings. The van der Waals surface area contributed by atoms with E-state index in [0.717, 1.165) is 17.0 Å². The summed E-state index contributed by atoms with van der Waals surface area (Å²) >= 11 is 0. The number of hydrogen-bond donors (Lipinski definition) is 3.